The highest BCUT2D eigenvalue weighted by atomic mass is 35.5. The SMILES string of the molecule is Cc1cccc(Cl)c1COc1ccc(/C=N/NC(=O)c2ccccc2O)o1. The zero-order valence-corrected chi connectivity index (χ0v) is 15.2. The van der Waals surface area contributed by atoms with Crippen molar-refractivity contribution in [1.29, 1.82) is 0 Å². The number of para-hydroxylation sites is 1. The van der Waals surface area contributed by atoms with Gasteiger partial charge in [-0.1, -0.05) is 35.9 Å². The maximum Gasteiger partial charge on any atom is 0.285 e. The Bertz CT molecular complexity index is 961. The lowest BCUT2D eigenvalue weighted by atomic mass is 10.1. The van der Waals surface area contributed by atoms with Crippen LogP contribution in [0.4, 0.5) is 0 Å². The molecule has 0 aliphatic carbocycles. The third-order valence-electron chi connectivity index (χ3n) is 3.82. The summed E-state index contributed by atoms with van der Waals surface area (Å²) in [6, 6.07) is 15.2. The molecule has 1 amide bonds. The fraction of sp³-hybridized carbons (Fsp3) is 0.100. The summed E-state index contributed by atoms with van der Waals surface area (Å²) in [5.74, 6) is 0.0663. The van der Waals surface area contributed by atoms with Crippen molar-refractivity contribution in [3.8, 4) is 11.7 Å². The molecule has 7 heteroatoms. The maximum atomic E-state index is 11.9. The first-order valence-electron chi connectivity index (χ1n) is 8.12. The fourth-order valence-corrected chi connectivity index (χ4v) is 2.63. The predicted octanol–water partition coefficient (Wildman–Crippen LogP) is 4.29. The minimum Gasteiger partial charge on any atom is -0.507 e. The van der Waals surface area contributed by atoms with Gasteiger partial charge in [0.25, 0.3) is 11.9 Å². The van der Waals surface area contributed by atoms with Gasteiger partial charge in [0.1, 0.15) is 12.4 Å². The lowest BCUT2D eigenvalue weighted by Crippen LogP contribution is -2.17. The molecule has 0 aliphatic heterocycles. The van der Waals surface area contributed by atoms with E-state index >= 15 is 0 Å². The van der Waals surface area contributed by atoms with Crippen LogP contribution in [0.2, 0.25) is 5.02 Å². The van der Waals surface area contributed by atoms with Crippen LogP contribution >= 0.6 is 11.6 Å². The van der Waals surface area contributed by atoms with Crippen LogP contribution < -0.4 is 10.2 Å². The summed E-state index contributed by atoms with van der Waals surface area (Å²) in [7, 11) is 0. The Hall–Kier alpha value is -3.25. The Balaban J connectivity index is 1.57. The smallest absolute Gasteiger partial charge is 0.285 e. The molecule has 6 nitrogen and oxygen atoms in total. The quantitative estimate of drug-likeness (QED) is 0.490. The molecule has 0 saturated heterocycles. The second-order valence-corrected chi connectivity index (χ2v) is 6.10. The summed E-state index contributed by atoms with van der Waals surface area (Å²) in [5, 5.41) is 14.1. The Morgan fingerprint density at radius 3 is 2.81 bits per heavy atom. The molecule has 0 radical (unpaired) electrons. The summed E-state index contributed by atoms with van der Waals surface area (Å²) >= 11 is 6.17. The van der Waals surface area contributed by atoms with Gasteiger partial charge in [0.15, 0.2) is 5.76 Å². The Morgan fingerprint density at radius 2 is 2.04 bits per heavy atom. The summed E-state index contributed by atoms with van der Waals surface area (Å²) in [6.07, 6.45) is 1.34. The van der Waals surface area contributed by atoms with Crippen LogP contribution in [0.5, 0.6) is 11.7 Å². The normalized spacial score (nSPS) is 10.9. The number of aromatic hydroxyl groups is 1. The number of phenolic OH excluding ortho intramolecular Hbond substituents is 1. The molecule has 27 heavy (non-hydrogen) atoms. The predicted molar refractivity (Wildman–Crippen MR) is 102 cm³/mol. The van der Waals surface area contributed by atoms with E-state index in [1.165, 1.54) is 18.3 Å². The van der Waals surface area contributed by atoms with Gasteiger partial charge in [-0.2, -0.15) is 5.10 Å². The second-order valence-electron chi connectivity index (χ2n) is 5.70. The molecule has 0 bridgehead atoms. The van der Waals surface area contributed by atoms with Crippen LogP contribution in [0.15, 0.2) is 64.1 Å². The first-order chi connectivity index (χ1) is 13.0. The summed E-state index contributed by atoms with van der Waals surface area (Å²) in [5.41, 5.74) is 4.38. The van der Waals surface area contributed by atoms with E-state index in [0.29, 0.717) is 16.7 Å². The number of aryl methyl sites for hydroxylation is 1. The molecule has 0 fully saturated rings. The Kier molecular flexibility index (Phi) is 5.78. The molecule has 0 saturated carbocycles. The summed E-state index contributed by atoms with van der Waals surface area (Å²) in [6.45, 7) is 2.23. The van der Waals surface area contributed by atoms with E-state index in [0.717, 1.165) is 11.1 Å². The minimum absolute atomic E-state index is 0.117. The molecule has 2 aromatic carbocycles. The second kappa shape index (κ2) is 8.42. The molecule has 3 aromatic rings. The van der Waals surface area contributed by atoms with Gasteiger partial charge in [0.2, 0.25) is 0 Å². The van der Waals surface area contributed by atoms with Crippen molar-refractivity contribution in [2.45, 2.75) is 13.5 Å². The molecule has 0 atom stereocenters. The number of hydrogen-bond donors (Lipinski definition) is 2. The number of carbonyl (C=O) groups is 1. The molecule has 0 aliphatic rings. The number of amides is 1. The number of nitrogens with one attached hydrogen (secondary N) is 1. The van der Waals surface area contributed by atoms with Gasteiger partial charge in [0.05, 0.1) is 11.8 Å². The van der Waals surface area contributed by atoms with Crippen molar-refractivity contribution in [2.75, 3.05) is 0 Å². The van der Waals surface area contributed by atoms with Crippen molar-refractivity contribution in [2.24, 2.45) is 5.10 Å². The highest BCUT2D eigenvalue weighted by molar-refractivity contribution is 6.31. The van der Waals surface area contributed by atoms with E-state index in [1.54, 1.807) is 30.3 Å². The monoisotopic (exact) mass is 384 g/mol. The molecule has 0 spiro atoms. The fourth-order valence-electron chi connectivity index (χ4n) is 2.35. The van der Waals surface area contributed by atoms with Gasteiger partial charge in [-0.3, -0.25) is 4.79 Å². The van der Waals surface area contributed by atoms with Gasteiger partial charge in [-0.15, -0.1) is 0 Å². The van der Waals surface area contributed by atoms with Crippen LogP contribution in [0, 0.1) is 6.92 Å². The van der Waals surface area contributed by atoms with Crippen LogP contribution in [-0.2, 0) is 6.61 Å². The van der Waals surface area contributed by atoms with Gasteiger partial charge < -0.3 is 14.3 Å². The number of phenols is 1. The van der Waals surface area contributed by atoms with Crippen molar-refractivity contribution < 1.29 is 19.1 Å². The van der Waals surface area contributed by atoms with Crippen molar-refractivity contribution in [1.82, 2.24) is 5.43 Å². The standard InChI is InChI=1S/C20H17ClN2O4/c1-13-5-4-7-17(21)16(13)12-26-19-10-9-14(27-19)11-22-23-20(25)15-6-2-3-8-18(15)24/h2-11,24H,12H2,1H3,(H,23,25)/b22-11+. The van der Waals surface area contributed by atoms with Crippen molar-refractivity contribution in [3.05, 3.63) is 82.1 Å². The Labute approximate surface area is 161 Å². The molecular weight excluding hydrogens is 368 g/mol. The zero-order chi connectivity index (χ0) is 19.2. The van der Waals surface area contributed by atoms with Crippen molar-refractivity contribution >= 4 is 23.7 Å². The number of carbonyl (C=O) groups excluding carboxylic acids is 1. The maximum absolute atomic E-state index is 11.9. The highest BCUT2D eigenvalue weighted by Gasteiger charge is 2.09. The van der Waals surface area contributed by atoms with Gasteiger partial charge in [0, 0.05) is 16.7 Å². The third-order valence-corrected chi connectivity index (χ3v) is 4.17. The average molecular weight is 385 g/mol. The average Bonchev–Trinajstić information content (AvgIpc) is 3.09. The van der Waals surface area contributed by atoms with E-state index in [2.05, 4.69) is 10.5 Å². The molecule has 1 aromatic heterocycles. The number of benzene rings is 2. The number of furan rings is 1. The number of halogens is 1. The molecule has 1 heterocycles. The summed E-state index contributed by atoms with van der Waals surface area (Å²) in [4.78, 5) is 11.9. The number of hydrogen-bond acceptors (Lipinski definition) is 5. The van der Waals surface area contributed by atoms with E-state index in [4.69, 9.17) is 20.8 Å². The number of ether oxygens (including phenoxy) is 1. The highest BCUT2D eigenvalue weighted by Crippen LogP contribution is 2.23. The number of hydrazone groups is 1. The van der Waals surface area contributed by atoms with Crippen LogP contribution in [0.3, 0.4) is 0 Å². The lowest BCUT2D eigenvalue weighted by molar-refractivity contribution is 0.0952. The van der Waals surface area contributed by atoms with E-state index < -0.39 is 5.91 Å². The van der Waals surface area contributed by atoms with Crippen LogP contribution in [0.1, 0.15) is 27.2 Å². The first kappa shape index (κ1) is 18.5. The zero-order valence-electron chi connectivity index (χ0n) is 14.5. The lowest BCUT2D eigenvalue weighted by Gasteiger charge is -2.08. The molecule has 2 N–H and O–H groups in total. The van der Waals surface area contributed by atoms with Gasteiger partial charge in [-0.25, -0.2) is 5.43 Å². The number of rotatable bonds is 6. The van der Waals surface area contributed by atoms with E-state index in [-0.39, 0.29) is 17.9 Å². The van der Waals surface area contributed by atoms with E-state index in [9.17, 15) is 9.90 Å². The third kappa shape index (κ3) is 4.68. The van der Waals surface area contributed by atoms with Gasteiger partial charge in [-0.05, 0) is 36.8 Å². The summed E-state index contributed by atoms with van der Waals surface area (Å²) < 4.78 is 11.1. The van der Waals surface area contributed by atoms with Gasteiger partial charge >= 0.3 is 0 Å². The molecule has 138 valence electrons. The topological polar surface area (TPSA) is 84.1 Å². The largest absolute Gasteiger partial charge is 0.507 e. The Morgan fingerprint density at radius 1 is 1.22 bits per heavy atom. The van der Waals surface area contributed by atoms with E-state index in [1.807, 2.05) is 19.1 Å². The number of nitrogens with zero attached hydrogens (tertiary/aromatic N) is 1. The first-order valence-corrected chi connectivity index (χ1v) is 8.50. The van der Waals surface area contributed by atoms with Crippen molar-refractivity contribution in [3.63, 3.8) is 0 Å². The molecule has 3 rings (SSSR count). The minimum atomic E-state index is -0.526. The molecular formula is C20H17ClN2O4. The molecule has 0 unspecified atom stereocenters. The van der Waals surface area contributed by atoms with Crippen LogP contribution in [0.25, 0.3) is 0 Å². The van der Waals surface area contributed by atoms with Crippen LogP contribution in [-0.4, -0.2) is 17.2 Å².